The lowest BCUT2D eigenvalue weighted by Gasteiger charge is -2.19. The van der Waals surface area contributed by atoms with Gasteiger partial charge in [-0.3, -0.25) is 9.59 Å². The van der Waals surface area contributed by atoms with E-state index in [1.54, 1.807) is 13.0 Å². The Morgan fingerprint density at radius 2 is 2.09 bits per heavy atom. The lowest BCUT2D eigenvalue weighted by atomic mass is 9.95. The molecule has 0 saturated carbocycles. The first-order valence-electron chi connectivity index (χ1n) is 7.79. The minimum absolute atomic E-state index is 0.0115. The van der Waals surface area contributed by atoms with Crippen molar-refractivity contribution in [1.29, 1.82) is 0 Å². The monoisotopic (exact) mass is 312 g/mol. The number of pyridine rings is 1. The summed E-state index contributed by atoms with van der Waals surface area (Å²) in [6, 6.07) is 13.1. The zero-order chi connectivity index (χ0) is 16.2. The number of hydrogen-bond acceptors (Lipinski definition) is 3. The summed E-state index contributed by atoms with van der Waals surface area (Å²) in [7, 11) is 0. The zero-order valence-corrected chi connectivity index (χ0v) is 13.0. The van der Waals surface area contributed by atoms with Crippen molar-refractivity contribution in [2.45, 2.75) is 19.4 Å². The highest BCUT2D eigenvalue weighted by molar-refractivity contribution is 5.94. The Labute approximate surface area is 134 Å². The van der Waals surface area contributed by atoms with Crippen LogP contribution in [0.1, 0.15) is 34.1 Å². The number of aromatic nitrogens is 1. The standard InChI is InChI=1S/C18H20N2O3/c1-12-9-15(10-16(21)20-12)18(22)19-11-14-7-8-23-17(14)13-5-3-2-4-6-13/h2-6,9-10,14,17H,7-8,11H2,1H3,(H,19,22)(H,20,21)/t14-,17-/m1/s1. The van der Waals surface area contributed by atoms with Gasteiger partial charge in [0.05, 0.1) is 6.10 Å². The molecule has 0 aliphatic carbocycles. The fourth-order valence-corrected chi connectivity index (χ4v) is 2.99. The van der Waals surface area contributed by atoms with Crippen LogP contribution in [-0.2, 0) is 4.74 Å². The molecule has 5 heteroatoms. The molecule has 1 aromatic carbocycles. The maximum Gasteiger partial charge on any atom is 0.251 e. The number of hydrogen-bond donors (Lipinski definition) is 2. The van der Waals surface area contributed by atoms with Crippen molar-refractivity contribution in [3.8, 4) is 0 Å². The number of H-pyrrole nitrogens is 1. The Morgan fingerprint density at radius 3 is 2.83 bits per heavy atom. The second-order valence-electron chi connectivity index (χ2n) is 5.88. The molecule has 1 amide bonds. The van der Waals surface area contributed by atoms with Crippen LogP contribution < -0.4 is 10.9 Å². The number of ether oxygens (including phenoxy) is 1. The lowest BCUT2D eigenvalue weighted by molar-refractivity contribution is 0.0846. The largest absolute Gasteiger partial charge is 0.373 e. The van der Waals surface area contributed by atoms with Crippen LogP contribution in [0.2, 0.25) is 0 Å². The van der Waals surface area contributed by atoms with E-state index in [-0.39, 0.29) is 23.5 Å². The topological polar surface area (TPSA) is 71.2 Å². The lowest BCUT2D eigenvalue weighted by Crippen LogP contribution is -2.31. The molecule has 0 bridgehead atoms. The molecule has 1 aliphatic rings. The minimum Gasteiger partial charge on any atom is -0.373 e. The molecule has 0 unspecified atom stereocenters. The van der Waals surface area contributed by atoms with Crippen LogP contribution in [0.5, 0.6) is 0 Å². The van der Waals surface area contributed by atoms with Gasteiger partial charge in [0, 0.05) is 36.4 Å². The highest BCUT2D eigenvalue weighted by Gasteiger charge is 2.29. The van der Waals surface area contributed by atoms with E-state index in [0.717, 1.165) is 12.0 Å². The quantitative estimate of drug-likeness (QED) is 0.909. The molecule has 1 aromatic heterocycles. The first-order chi connectivity index (χ1) is 11.1. The molecule has 1 aliphatic heterocycles. The van der Waals surface area contributed by atoms with Crippen LogP contribution in [0.3, 0.4) is 0 Å². The van der Waals surface area contributed by atoms with Gasteiger partial charge in [0.15, 0.2) is 0 Å². The van der Waals surface area contributed by atoms with Crippen molar-refractivity contribution >= 4 is 5.91 Å². The van der Waals surface area contributed by atoms with Gasteiger partial charge in [-0.1, -0.05) is 30.3 Å². The van der Waals surface area contributed by atoms with Crippen LogP contribution in [0, 0.1) is 12.8 Å². The van der Waals surface area contributed by atoms with Gasteiger partial charge in [0.25, 0.3) is 5.91 Å². The van der Waals surface area contributed by atoms with Crippen LogP contribution in [-0.4, -0.2) is 24.0 Å². The van der Waals surface area contributed by atoms with Crippen LogP contribution in [0.4, 0.5) is 0 Å². The first-order valence-corrected chi connectivity index (χ1v) is 7.79. The van der Waals surface area contributed by atoms with Crippen molar-refractivity contribution in [3.63, 3.8) is 0 Å². The second-order valence-corrected chi connectivity index (χ2v) is 5.88. The molecular formula is C18H20N2O3. The predicted octanol–water partition coefficient (Wildman–Crippen LogP) is 2.19. The third-order valence-electron chi connectivity index (χ3n) is 4.11. The molecule has 3 rings (SSSR count). The predicted molar refractivity (Wildman–Crippen MR) is 87.4 cm³/mol. The Balaban J connectivity index is 1.65. The molecule has 0 radical (unpaired) electrons. The van der Waals surface area contributed by atoms with Crippen molar-refractivity contribution < 1.29 is 9.53 Å². The molecule has 1 fully saturated rings. The average Bonchev–Trinajstić information content (AvgIpc) is 3.01. The number of benzene rings is 1. The summed E-state index contributed by atoms with van der Waals surface area (Å²) in [5.41, 5.74) is 1.94. The number of aromatic amines is 1. The molecule has 120 valence electrons. The van der Waals surface area contributed by atoms with E-state index < -0.39 is 0 Å². The van der Waals surface area contributed by atoms with Gasteiger partial charge in [-0.2, -0.15) is 0 Å². The molecular weight excluding hydrogens is 292 g/mol. The van der Waals surface area contributed by atoms with Crippen LogP contribution >= 0.6 is 0 Å². The van der Waals surface area contributed by atoms with E-state index >= 15 is 0 Å². The molecule has 2 heterocycles. The first kappa shape index (κ1) is 15.5. The summed E-state index contributed by atoms with van der Waals surface area (Å²) in [4.78, 5) is 26.3. The zero-order valence-electron chi connectivity index (χ0n) is 13.0. The second kappa shape index (κ2) is 6.79. The van der Waals surface area contributed by atoms with E-state index in [1.165, 1.54) is 6.07 Å². The number of aryl methyl sites for hydroxylation is 1. The maximum atomic E-state index is 12.2. The highest BCUT2D eigenvalue weighted by Crippen LogP contribution is 2.33. The van der Waals surface area contributed by atoms with Gasteiger partial charge in [-0.15, -0.1) is 0 Å². The Morgan fingerprint density at radius 1 is 1.30 bits per heavy atom. The molecule has 23 heavy (non-hydrogen) atoms. The van der Waals surface area contributed by atoms with Crippen LogP contribution in [0.15, 0.2) is 47.3 Å². The maximum absolute atomic E-state index is 12.2. The Bertz CT molecular complexity index is 739. The molecule has 2 N–H and O–H groups in total. The van der Waals surface area contributed by atoms with Gasteiger partial charge < -0.3 is 15.0 Å². The average molecular weight is 312 g/mol. The van der Waals surface area contributed by atoms with E-state index in [1.807, 2.05) is 30.3 Å². The van der Waals surface area contributed by atoms with E-state index in [4.69, 9.17) is 4.74 Å². The van der Waals surface area contributed by atoms with Crippen molar-refractivity contribution in [2.75, 3.05) is 13.2 Å². The SMILES string of the molecule is Cc1cc(C(=O)NC[C@H]2CCO[C@@H]2c2ccccc2)cc(=O)[nH]1. The van der Waals surface area contributed by atoms with Crippen LogP contribution in [0.25, 0.3) is 0 Å². The summed E-state index contributed by atoms with van der Waals surface area (Å²) < 4.78 is 5.82. The van der Waals surface area contributed by atoms with Gasteiger partial charge in [0.1, 0.15) is 0 Å². The number of nitrogens with one attached hydrogen (secondary N) is 2. The third kappa shape index (κ3) is 3.68. The van der Waals surface area contributed by atoms with Gasteiger partial charge in [0.2, 0.25) is 5.56 Å². The molecule has 5 nitrogen and oxygen atoms in total. The van der Waals surface area contributed by atoms with Gasteiger partial charge >= 0.3 is 0 Å². The Kier molecular flexibility index (Phi) is 4.57. The van der Waals surface area contributed by atoms with Crippen molar-refractivity contribution in [2.24, 2.45) is 5.92 Å². The number of carbonyl (C=O) groups is 1. The fourth-order valence-electron chi connectivity index (χ4n) is 2.99. The number of carbonyl (C=O) groups excluding carboxylic acids is 1. The Hall–Kier alpha value is -2.40. The molecule has 2 atom stereocenters. The summed E-state index contributed by atoms with van der Waals surface area (Å²) >= 11 is 0. The normalized spacial score (nSPS) is 20.4. The summed E-state index contributed by atoms with van der Waals surface area (Å²) in [6.07, 6.45) is 0.922. The molecule has 2 aromatic rings. The fraction of sp³-hybridized carbons (Fsp3) is 0.333. The van der Waals surface area contributed by atoms with Gasteiger partial charge in [-0.25, -0.2) is 0 Å². The smallest absolute Gasteiger partial charge is 0.251 e. The van der Waals surface area contributed by atoms with Crippen molar-refractivity contribution in [3.05, 3.63) is 69.6 Å². The van der Waals surface area contributed by atoms with E-state index in [9.17, 15) is 9.59 Å². The minimum atomic E-state index is -0.262. The highest BCUT2D eigenvalue weighted by atomic mass is 16.5. The summed E-state index contributed by atoms with van der Waals surface area (Å²) in [5, 5.41) is 2.92. The number of rotatable bonds is 4. The van der Waals surface area contributed by atoms with E-state index in [0.29, 0.717) is 24.4 Å². The molecule has 1 saturated heterocycles. The van der Waals surface area contributed by atoms with Crippen molar-refractivity contribution in [1.82, 2.24) is 10.3 Å². The molecule has 0 spiro atoms. The summed E-state index contributed by atoms with van der Waals surface area (Å²) in [6.45, 7) is 2.99. The van der Waals surface area contributed by atoms with E-state index in [2.05, 4.69) is 10.3 Å². The number of amides is 1. The summed E-state index contributed by atoms with van der Waals surface area (Å²) in [5.74, 6) is 0.0161. The van der Waals surface area contributed by atoms with Gasteiger partial charge in [-0.05, 0) is 25.0 Å². The third-order valence-corrected chi connectivity index (χ3v) is 4.11.